The van der Waals surface area contributed by atoms with Gasteiger partial charge < -0.3 is 28.8 Å². The van der Waals surface area contributed by atoms with Gasteiger partial charge in [-0.1, -0.05) is 5.11 Å². The highest BCUT2D eigenvalue weighted by molar-refractivity contribution is 5.69. The van der Waals surface area contributed by atoms with E-state index in [0.29, 0.717) is 0 Å². The van der Waals surface area contributed by atoms with Gasteiger partial charge in [-0.05, 0) is 5.53 Å². The molecule has 0 amide bonds. The van der Waals surface area contributed by atoms with Gasteiger partial charge in [0, 0.05) is 39.2 Å². The third-order valence-corrected chi connectivity index (χ3v) is 3.74. The van der Waals surface area contributed by atoms with E-state index in [2.05, 4.69) is 10.0 Å². The van der Waals surface area contributed by atoms with E-state index in [4.69, 9.17) is 29.2 Å². The number of carbonyl (C=O) groups is 4. The van der Waals surface area contributed by atoms with Crippen LogP contribution in [0.5, 0.6) is 0 Å². The van der Waals surface area contributed by atoms with E-state index in [1.54, 1.807) is 0 Å². The van der Waals surface area contributed by atoms with Crippen LogP contribution in [-0.4, -0.2) is 78.8 Å². The predicted molar refractivity (Wildman–Crippen MR) is 92.0 cm³/mol. The SMILES string of the molecule is CC(=O)O[C@@H]1[C@@H](OC(C)=O)[C@H](OCCN=[N+]=[N-])[C@@H](O)[C@@H](OC(C)=O)[C@H]1OC(C)=O. The number of ether oxygens (including phenoxy) is 5. The minimum absolute atomic E-state index is 0.115. The Morgan fingerprint density at radius 1 is 0.793 bits per heavy atom. The van der Waals surface area contributed by atoms with Crippen molar-refractivity contribution in [2.45, 2.75) is 64.3 Å². The molecule has 0 bridgehead atoms. The Kier molecular flexibility index (Phi) is 9.32. The lowest BCUT2D eigenvalue weighted by Crippen LogP contribution is -2.68. The number of aliphatic hydroxyl groups excluding tert-OH is 1. The van der Waals surface area contributed by atoms with Crippen LogP contribution in [0.2, 0.25) is 0 Å². The minimum atomic E-state index is -1.63. The van der Waals surface area contributed by atoms with Gasteiger partial charge in [0.15, 0.2) is 24.4 Å². The minimum Gasteiger partial charge on any atom is -0.456 e. The molecule has 13 nitrogen and oxygen atoms in total. The average molecular weight is 417 g/mol. The van der Waals surface area contributed by atoms with Crippen LogP contribution >= 0.6 is 0 Å². The average Bonchev–Trinajstić information content (AvgIpc) is 2.59. The molecule has 0 aromatic heterocycles. The van der Waals surface area contributed by atoms with Crippen molar-refractivity contribution in [3.63, 3.8) is 0 Å². The lowest BCUT2D eigenvalue weighted by Gasteiger charge is -2.46. The van der Waals surface area contributed by atoms with Crippen molar-refractivity contribution in [1.29, 1.82) is 0 Å². The number of azide groups is 1. The Morgan fingerprint density at radius 3 is 1.59 bits per heavy atom. The summed E-state index contributed by atoms with van der Waals surface area (Å²) in [6.45, 7) is 3.96. The van der Waals surface area contributed by atoms with Crippen LogP contribution in [0.1, 0.15) is 27.7 Å². The topological polar surface area (TPSA) is 183 Å². The Balaban J connectivity index is 3.37. The first-order valence-corrected chi connectivity index (χ1v) is 8.57. The van der Waals surface area contributed by atoms with E-state index in [-0.39, 0.29) is 13.2 Å². The molecule has 0 saturated heterocycles. The molecular weight excluding hydrogens is 394 g/mol. The van der Waals surface area contributed by atoms with Crippen LogP contribution in [0.3, 0.4) is 0 Å². The molecule has 6 atom stereocenters. The second-order valence-electron chi connectivity index (χ2n) is 6.08. The molecule has 0 unspecified atom stereocenters. The molecule has 0 aliphatic heterocycles. The molecular formula is C16H23N3O10. The first kappa shape index (κ1) is 24.1. The van der Waals surface area contributed by atoms with Crippen LogP contribution in [0.4, 0.5) is 0 Å². The molecule has 1 N–H and O–H groups in total. The highest BCUT2D eigenvalue weighted by atomic mass is 16.6. The molecule has 1 aliphatic carbocycles. The molecule has 1 aliphatic rings. The molecule has 29 heavy (non-hydrogen) atoms. The number of aliphatic hydroxyl groups is 1. The first-order chi connectivity index (χ1) is 13.6. The highest BCUT2D eigenvalue weighted by Crippen LogP contribution is 2.32. The number of carbonyl (C=O) groups excluding carboxylic acids is 4. The quantitative estimate of drug-likeness (QED) is 0.138. The van der Waals surface area contributed by atoms with Gasteiger partial charge in [0.2, 0.25) is 0 Å². The molecule has 1 saturated carbocycles. The van der Waals surface area contributed by atoms with Crippen molar-refractivity contribution >= 4 is 23.9 Å². The molecule has 0 heterocycles. The number of esters is 4. The van der Waals surface area contributed by atoms with Crippen molar-refractivity contribution in [2.24, 2.45) is 5.11 Å². The maximum Gasteiger partial charge on any atom is 0.303 e. The van der Waals surface area contributed by atoms with Gasteiger partial charge in [-0.15, -0.1) is 0 Å². The van der Waals surface area contributed by atoms with Crippen LogP contribution in [0.25, 0.3) is 10.4 Å². The van der Waals surface area contributed by atoms with Crippen LogP contribution < -0.4 is 0 Å². The van der Waals surface area contributed by atoms with Crippen LogP contribution in [-0.2, 0) is 42.9 Å². The van der Waals surface area contributed by atoms with Crippen molar-refractivity contribution in [3.05, 3.63) is 10.4 Å². The molecule has 0 radical (unpaired) electrons. The van der Waals surface area contributed by atoms with Crippen molar-refractivity contribution < 1.29 is 48.0 Å². The number of nitrogens with zero attached hydrogens (tertiary/aromatic N) is 3. The van der Waals surface area contributed by atoms with E-state index >= 15 is 0 Å². The summed E-state index contributed by atoms with van der Waals surface area (Å²) in [7, 11) is 0. The number of hydrogen-bond donors (Lipinski definition) is 1. The van der Waals surface area contributed by atoms with Crippen LogP contribution in [0.15, 0.2) is 5.11 Å². The molecule has 0 spiro atoms. The lowest BCUT2D eigenvalue weighted by molar-refractivity contribution is -0.258. The summed E-state index contributed by atoms with van der Waals surface area (Å²) in [5.41, 5.74) is 8.35. The van der Waals surface area contributed by atoms with Crippen molar-refractivity contribution in [2.75, 3.05) is 13.2 Å². The zero-order chi connectivity index (χ0) is 22.1. The van der Waals surface area contributed by atoms with Gasteiger partial charge >= 0.3 is 23.9 Å². The lowest BCUT2D eigenvalue weighted by atomic mass is 9.84. The summed E-state index contributed by atoms with van der Waals surface area (Å²) < 4.78 is 26.0. The van der Waals surface area contributed by atoms with E-state index in [1.165, 1.54) is 0 Å². The van der Waals surface area contributed by atoms with Crippen molar-refractivity contribution in [3.8, 4) is 0 Å². The fourth-order valence-electron chi connectivity index (χ4n) is 2.91. The van der Waals surface area contributed by atoms with Gasteiger partial charge in [-0.3, -0.25) is 19.2 Å². The third-order valence-electron chi connectivity index (χ3n) is 3.74. The Bertz CT molecular complexity index is 678. The Labute approximate surface area is 165 Å². The summed E-state index contributed by atoms with van der Waals surface area (Å²) in [4.78, 5) is 48.9. The smallest absolute Gasteiger partial charge is 0.303 e. The predicted octanol–water partition coefficient (Wildman–Crippen LogP) is -0.217. The Morgan fingerprint density at radius 2 is 1.17 bits per heavy atom. The van der Waals surface area contributed by atoms with E-state index in [1.807, 2.05) is 0 Å². The van der Waals surface area contributed by atoms with Gasteiger partial charge in [0.1, 0.15) is 12.2 Å². The van der Waals surface area contributed by atoms with Gasteiger partial charge in [-0.2, -0.15) is 0 Å². The van der Waals surface area contributed by atoms with E-state index in [0.717, 1.165) is 27.7 Å². The van der Waals surface area contributed by atoms with E-state index in [9.17, 15) is 24.3 Å². The number of rotatable bonds is 8. The fraction of sp³-hybridized carbons (Fsp3) is 0.750. The third kappa shape index (κ3) is 7.22. The Hall–Kier alpha value is -2.89. The summed E-state index contributed by atoms with van der Waals surface area (Å²) in [5, 5.41) is 14.0. The molecule has 1 rings (SSSR count). The second-order valence-corrected chi connectivity index (χ2v) is 6.08. The maximum atomic E-state index is 11.6. The zero-order valence-electron chi connectivity index (χ0n) is 16.3. The molecule has 0 aromatic carbocycles. The van der Waals surface area contributed by atoms with Gasteiger partial charge in [-0.25, -0.2) is 0 Å². The summed E-state index contributed by atoms with van der Waals surface area (Å²) in [6, 6.07) is 0. The summed E-state index contributed by atoms with van der Waals surface area (Å²) >= 11 is 0. The zero-order valence-corrected chi connectivity index (χ0v) is 16.3. The molecule has 1 fully saturated rings. The van der Waals surface area contributed by atoms with Crippen LogP contribution in [0, 0.1) is 0 Å². The maximum absolute atomic E-state index is 11.6. The van der Waals surface area contributed by atoms with Gasteiger partial charge in [0.05, 0.1) is 6.61 Å². The van der Waals surface area contributed by atoms with Crippen molar-refractivity contribution in [1.82, 2.24) is 0 Å². The monoisotopic (exact) mass is 417 g/mol. The summed E-state index contributed by atoms with van der Waals surface area (Å²) in [6.07, 6.45) is -8.81. The molecule has 13 heteroatoms. The molecule has 0 aromatic rings. The normalized spacial score (nSPS) is 28.4. The standard InChI is InChI=1S/C16H23N3O10/c1-7(20)26-13-11(24)12(25-6-5-18-19-17)14(27-8(2)21)16(29-10(4)23)15(13)28-9(3)22/h11-16,24H,5-6H2,1-4H3/t11-,12-,13-,14+,15-,16-/m1/s1. The number of hydrogen-bond acceptors (Lipinski definition) is 11. The largest absolute Gasteiger partial charge is 0.456 e. The molecule has 162 valence electrons. The van der Waals surface area contributed by atoms with Gasteiger partial charge in [0.25, 0.3) is 0 Å². The van der Waals surface area contributed by atoms with E-state index < -0.39 is 60.5 Å². The second kappa shape index (κ2) is 11.2. The fourth-order valence-corrected chi connectivity index (χ4v) is 2.91. The highest BCUT2D eigenvalue weighted by Gasteiger charge is 2.57. The summed E-state index contributed by atoms with van der Waals surface area (Å²) in [5.74, 6) is -3.24. The first-order valence-electron chi connectivity index (χ1n) is 8.57.